The van der Waals surface area contributed by atoms with Gasteiger partial charge in [0.05, 0.1) is 44.2 Å². The molecule has 0 unspecified atom stereocenters. The molecule has 2 aliphatic heterocycles. The normalized spacial score (nSPS) is 19.9. The number of non-ortho nitro benzene ring substituents is 1. The molecule has 12 heteroatoms. The monoisotopic (exact) mass is 549 g/mol. The van der Waals surface area contributed by atoms with Crippen LogP contribution in [0.1, 0.15) is 18.5 Å². The number of imide groups is 1. The van der Waals surface area contributed by atoms with Crippen LogP contribution >= 0.6 is 0 Å². The zero-order valence-corrected chi connectivity index (χ0v) is 22.2. The Morgan fingerprint density at radius 3 is 2.25 bits per heavy atom. The van der Waals surface area contributed by atoms with E-state index in [0.717, 1.165) is 4.90 Å². The number of hydrogen-bond donors (Lipinski definition) is 0. The van der Waals surface area contributed by atoms with Crippen molar-refractivity contribution in [3.63, 3.8) is 0 Å². The number of amides is 2. The third-order valence-electron chi connectivity index (χ3n) is 6.87. The number of nitrogens with zero attached hydrogens (tertiary/aromatic N) is 3. The van der Waals surface area contributed by atoms with Gasteiger partial charge in [-0.05, 0) is 49.4 Å². The molecule has 0 radical (unpaired) electrons. The summed E-state index contributed by atoms with van der Waals surface area (Å²) in [4.78, 5) is 45.9. The van der Waals surface area contributed by atoms with Crippen LogP contribution in [0.3, 0.4) is 0 Å². The van der Waals surface area contributed by atoms with Crippen LogP contribution in [-0.4, -0.2) is 50.8 Å². The van der Waals surface area contributed by atoms with Crippen LogP contribution in [0.25, 0.3) is 0 Å². The number of hydrogen-bond acceptors (Lipinski definition) is 10. The van der Waals surface area contributed by atoms with E-state index in [1.807, 2.05) is 6.92 Å². The van der Waals surface area contributed by atoms with Gasteiger partial charge < -0.3 is 18.9 Å². The van der Waals surface area contributed by atoms with E-state index in [2.05, 4.69) is 0 Å². The number of nitro groups is 1. The summed E-state index contributed by atoms with van der Waals surface area (Å²) in [6.07, 6.45) is -1.19. The Morgan fingerprint density at radius 1 is 0.900 bits per heavy atom. The van der Waals surface area contributed by atoms with Crippen molar-refractivity contribution in [1.82, 2.24) is 0 Å². The van der Waals surface area contributed by atoms with Crippen LogP contribution in [0.15, 0.2) is 60.7 Å². The highest BCUT2D eigenvalue weighted by molar-refractivity contribution is 6.24. The maximum absolute atomic E-state index is 14.0. The Bertz CT molecular complexity index is 1460. The second kappa shape index (κ2) is 10.7. The first kappa shape index (κ1) is 26.8. The molecule has 2 aliphatic rings. The molecule has 2 amide bonds. The lowest BCUT2D eigenvalue weighted by Gasteiger charge is -2.30. The molecule has 208 valence electrons. The fourth-order valence-electron chi connectivity index (χ4n) is 5.17. The predicted molar refractivity (Wildman–Crippen MR) is 143 cm³/mol. The summed E-state index contributed by atoms with van der Waals surface area (Å²) in [5.74, 6) is -0.510. The van der Waals surface area contributed by atoms with E-state index in [-0.39, 0.29) is 17.2 Å². The number of carbonyl (C=O) groups is 2. The molecule has 0 spiro atoms. The Hall–Kier alpha value is -4.84. The maximum atomic E-state index is 14.0. The summed E-state index contributed by atoms with van der Waals surface area (Å²) in [6.45, 7) is 2.33. The summed E-state index contributed by atoms with van der Waals surface area (Å²) in [6, 6.07) is 14.8. The molecule has 2 fully saturated rings. The molecule has 3 atom stereocenters. The lowest BCUT2D eigenvalue weighted by atomic mass is 9.89. The van der Waals surface area contributed by atoms with Gasteiger partial charge in [0.15, 0.2) is 17.6 Å². The molecule has 40 heavy (non-hydrogen) atoms. The zero-order valence-electron chi connectivity index (χ0n) is 22.2. The molecule has 3 aromatic carbocycles. The Labute approximate surface area is 229 Å². The Morgan fingerprint density at radius 2 is 1.62 bits per heavy atom. The van der Waals surface area contributed by atoms with E-state index in [1.165, 1.54) is 44.6 Å². The van der Waals surface area contributed by atoms with E-state index in [4.69, 9.17) is 23.8 Å². The fraction of sp³-hybridized carbons (Fsp3) is 0.286. The molecule has 2 heterocycles. The van der Waals surface area contributed by atoms with Gasteiger partial charge in [-0.15, -0.1) is 0 Å². The second-order valence-corrected chi connectivity index (χ2v) is 8.96. The minimum absolute atomic E-state index is 0.176. The van der Waals surface area contributed by atoms with Gasteiger partial charge in [0.2, 0.25) is 11.7 Å². The molecule has 2 saturated heterocycles. The lowest BCUT2D eigenvalue weighted by Crippen LogP contribution is -2.37. The van der Waals surface area contributed by atoms with E-state index in [1.54, 1.807) is 42.5 Å². The molecule has 0 bridgehead atoms. The van der Waals surface area contributed by atoms with Gasteiger partial charge in [0.25, 0.3) is 11.6 Å². The number of methoxy groups -OCH3 is 3. The van der Waals surface area contributed by atoms with E-state index in [9.17, 15) is 19.7 Å². The van der Waals surface area contributed by atoms with Crippen LogP contribution in [0, 0.1) is 16.0 Å². The van der Waals surface area contributed by atoms with Gasteiger partial charge in [0, 0.05) is 17.7 Å². The van der Waals surface area contributed by atoms with Gasteiger partial charge in [-0.2, -0.15) is 0 Å². The number of hydroxylamine groups is 1. The van der Waals surface area contributed by atoms with Gasteiger partial charge in [0.1, 0.15) is 17.7 Å². The SMILES string of the molecule is CCOc1ccc(N2C(=O)[C@@H]3[C@H](ON(c4cccc([N+](=O)[O-])c4)[C@H]3c3ccc(OC)c(OC)c3OC)C2=O)cc1. The summed E-state index contributed by atoms with van der Waals surface area (Å²) in [5, 5.41) is 12.9. The van der Waals surface area contributed by atoms with Crippen molar-refractivity contribution in [2.24, 2.45) is 5.92 Å². The largest absolute Gasteiger partial charge is 0.494 e. The molecule has 3 aromatic rings. The van der Waals surface area contributed by atoms with E-state index in [0.29, 0.717) is 35.0 Å². The van der Waals surface area contributed by atoms with Crippen molar-refractivity contribution in [2.45, 2.75) is 19.1 Å². The van der Waals surface area contributed by atoms with Gasteiger partial charge in [-0.3, -0.25) is 24.5 Å². The summed E-state index contributed by atoms with van der Waals surface area (Å²) in [7, 11) is 4.38. The first-order chi connectivity index (χ1) is 19.3. The Kier molecular flexibility index (Phi) is 7.18. The van der Waals surface area contributed by atoms with Gasteiger partial charge in [-0.25, -0.2) is 9.96 Å². The number of fused-ring (bicyclic) bond motifs is 1. The number of ether oxygens (including phenoxy) is 4. The number of rotatable bonds is 9. The molecule has 5 rings (SSSR count). The van der Waals surface area contributed by atoms with Crippen LogP contribution in [0.4, 0.5) is 17.1 Å². The summed E-state index contributed by atoms with van der Waals surface area (Å²) < 4.78 is 22.2. The molecular formula is C28H27N3O9. The third-order valence-corrected chi connectivity index (χ3v) is 6.87. The highest BCUT2D eigenvalue weighted by Crippen LogP contribution is 2.52. The van der Waals surface area contributed by atoms with Gasteiger partial charge in [-0.1, -0.05) is 6.07 Å². The maximum Gasteiger partial charge on any atom is 0.271 e. The van der Waals surface area contributed by atoms with Crippen molar-refractivity contribution in [1.29, 1.82) is 0 Å². The average Bonchev–Trinajstić information content (AvgIpc) is 3.48. The first-order valence-corrected chi connectivity index (χ1v) is 12.4. The minimum atomic E-state index is -1.19. The lowest BCUT2D eigenvalue weighted by molar-refractivity contribution is -0.384. The van der Waals surface area contributed by atoms with Crippen molar-refractivity contribution >= 4 is 28.9 Å². The zero-order chi connectivity index (χ0) is 28.6. The fourth-order valence-corrected chi connectivity index (χ4v) is 5.17. The molecule has 0 N–H and O–H groups in total. The predicted octanol–water partition coefficient (Wildman–Crippen LogP) is 4.07. The first-order valence-electron chi connectivity index (χ1n) is 12.4. The smallest absolute Gasteiger partial charge is 0.271 e. The van der Waals surface area contributed by atoms with Crippen LogP contribution in [0.2, 0.25) is 0 Å². The van der Waals surface area contributed by atoms with Crippen molar-refractivity contribution < 1.29 is 38.3 Å². The molecule has 0 aliphatic carbocycles. The highest BCUT2D eigenvalue weighted by atomic mass is 16.7. The molecule has 0 saturated carbocycles. The standard InChI is InChI=1S/C28H27N3O9/c1-5-39-19-11-9-16(10-12-19)29-27(32)22-23(20-13-14-21(36-2)25(38-4)24(20)37-3)30(40-26(22)28(29)33)17-7-6-8-18(15-17)31(34)35/h6-15,22-23,26H,5H2,1-4H3/t22-,23-,26-/m0/s1. The quantitative estimate of drug-likeness (QED) is 0.219. The number of benzene rings is 3. The average molecular weight is 550 g/mol. The third kappa shape index (κ3) is 4.31. The van der Waals surface area contributed by atoms with Crippen molar-refractivity contribution in [3.05, 3.63) is 76.3 Å². The summed E-state index contributed by atoms with van der Waals surface area (Å²) in [5.41, 5.74) is 0.953. The van der Waals surface area contributed by atoms with Crippen LogP contribution < -0.4 is 28.9 Å². The van der Waals surface area contributed by atoms with Crippen molar-refractivity contribution in [2.75, 3.05) is 37.9 Å². The number of anilines is 2. The minimum Gasteiger partial charge on any atom is -0.494 e. The van der Waals surface area contributed by atoms with Gasteiger partial charge >= 0.3 is 0 Å². The summed E-state index contributed by atoms with van der Waals surface area (Å²) >= 11 is 0. The van der Waals surface area contributed by atoms with Crippen molar-refractivity contribution in [3.8, 4) is 23.0 Å². The van der Waals surface area contributed by atoms with Crippen LogP contribution in [-0.2, 0) is 14.4 Å². The molecule has 12 nitrogen and oxygen atoms in total. The molecule has 0 aromatic heterocycles. The highest BCUT2D eigenvalue weighted by Gasteiger charge is 2.61. The molecular weight excluding hydrogens is 522 g/mol. The Balaban J connectivity index is 1.63. The topological polar surface area (TPSA) is 130 Å². The van der Waals surface area contributed by atoms with Crippen LogP contribution in [0.5, 0.6) is 23.0 Å². The van der Waals surface area contributed by atoms with E-state index >= 15 is 0 Å². The van der Waals surface area contributed by atoms with E-state index < -0.39 is 34.8 Å². The number of nitro benzene ring substituents is 1. The second-order valence-electron chi connectivity index (χ2n) is 8.96. The number of carbonyl (C=O) groups excluding carboxylic acids is 2.